The normalized spacial score (nSPS) is 13.9. The molecular formula is C6H7F3N2O4. The van der Waals surface area contributed by atoms with Gasteiger partial charge < -0.3 is 15.2 Å². The van der Waals surface area contributed by atoms with Crippen LogP contribution < -0.4 is 0 Å². The number of hydrogen-bond donors (Lipinski definition) is 2. The highest BCUT2D eigenvalue weighted by atomic mass is 19.4. The summed E-state index contributed by atoms with van der Waals surface area (Å²) in [5.74, 6) is -1.34. The van der Waals surface area contributed by atoms with Crippen LogP contribution in [-0.4, -0.2) is 41.1 Å². The van der Waals surface area contributed by atoms with Crippen molar-refractivity contribution >= 4 is 17.4 Å². The van der Waals surface area contributed by atoms with Crippen LogP contribution in [0.4, 0.5) is 13.2 Å². The van der Waals surface area contributed by atoms with E-state index in [1.54, 1.807) is 0 Å². The van der Waals surface area contributed by atoms with Crippen molar-refractivity contribution in [3.8, 4) is 0 Å². The van der Waals surface area contributed by atoms with Gasteiger partial charge in [-0.25, -0.2) is 4.79 Å². The largest absolute Gasteiger partial charge is 0.464 e. The van der Waals surface area contributed by atoms with Crippen molar-refractivity contribution in [2.75, 3.05) is 7.11 Å². The van der Waals surface area contributed by atoms with Gasteiger partial charge in [0, 0.05) is 0 Å². The Morgan fingerprint density at radius 1 is 1.33 bits per heavy atom. The van der Waals surface area contributed by atoms with Gasteiger partial charge in [-0.3, -0.25) is 0 Å². The summed E-state index contributed by atoms with van der Waals surface area (Å²) in [7, 11) is 0.871. The van der Waals surface area contributed by atoms with Crippen molar-refractivity contribution < 1.29 is 33.1 Å². The Labute approximate surface area is 81.6 Å². The molecule has 0 aliphatic heterocycles. The number of rotatable bonds is 3. The second-order valence-corrected chi connectivity index (χ2v) is 2.28. The molecule has 0 aliphatic carbocycles. The van der Waals surface area contributed by atoms with E-state index in [0.29, 0.717) is 0 Å². The molecule has 0 heterocycles. The van der Waals surface area contributed by atoms with E-state index >= 15 is 0 Å². The van der Waals surface area contributed by atoms with E-state index in [2.05, 4.69) is 15.0 Å². The molecule has 86 valence electrons. The average molecular weight is 228 g/mol. The second kappa shape index (κ2) is 5.17. The predicted octanol–water partition coefficient (Wildman–Crippen LogP) is 0.772. The van der Waals surface area contributed by atoms with Crippen LogP contribution in [0.2, 0.25) is 0 Å². The number of carbonyl (C=O) groups excluding carboxylic acids is 1. The second-order valence-electron chi connectivity index (χ2n) is 2.28. The van der Waals surface area contributed by atoms with Gasteiger partial charge in [-0.2, -0.15) is 13.2 Å². The van der Waals surface area contributed by atoms with Gasteiger partial charge in [0.15, 0.2) is 0 Å². The maximum atomic E-state index is 11.9. The molecule has 0 fully saturated rings. The van der Waals surface area contributed by atoms with Crippen molar-refractivity contribution in [1.29, 1.82) is 0 Å². The monoisotopic (exact) mass is 228 g/mol. The molecule has 0 aromatic carbocycles. The third kappa shape index (κ3) is 4.29. The molecular weight excluding hydrogens is 221 g/mol. The zero-order chi connectivity index (χ0) is 12.1. The first kappa shape index (κ1) is 13.2. The molecule has 15 heavy (non-hydrogen) atoms. The number of carbonyl (C=O) groups is 1. The minimum Gasteiger partial charge on any atom is -0.464 e. The van der Waals surface area contributed by atoms with Crippen LogP contribution in [0.25, 0.3) is 0 Å². The van der Waals surface area contributed by atoms with Crippen molar-refractivity contribution in [2.45, 2.75) is 12.6 Å². The Morgan fingerprint density at radius 2 is 1.87 bits per heavy atom. The zero-order valence-electron chi connectivity index (χ0n) is 7.45. The summed E-state index contributed by atoms with van der Waals surface area (Å²) in [4.78, 5) is 10.8. The fourth-order valence-electron chi connectivity index (χ4n) is 0.669. The van der Waals surface area contributed by atoms with Gasteiger partial charge >= 0.3 is 12.1 Å². The van der Waals surface area contributed by atoms with Gasteiger partial charge in [0.25, 0.3) is 0 Å². The number of hydrogen-bond acceptors (Lipinski definition) is 6. The van der Waals surface area contributed by atoms with Gasteiger partial charge in [0.05, 0.1) is 13.5 Å². The smallest absolute Gasteiger partial charge is 0.394 e. The minimum absolute atomic E-state index is 0.871. The highest BCUT2D eigenvalue weighted by Crippen LogP contribution is 2.20. The molecule has 6 nitrogen and oxygen atoms in total. The van der Waals surface area contributed by atoms with Gasteiger partial charge in [-0.05, 0) is 0 Å². The molecule has 0 saturated heterocycles. The number of methoxy groups -OCH3 is 1. The van der Waals surface area contributed by atoms with Gasteiger partial charge in [-0.1, -0.05) is 10.3 Å². The highest BCUT2D eigenvalue weighted by molar-refractivity contribution is 6.65. The lowest BCUT2D eigenvalue weighted by Crippen LogP contribution is -2.29. The van der Waals surface area contributed by atoms with E-state index in [9.17, 15) is 18.0 Å². The Hall–Kier alpha value is -1.80. The number of alkyl halides is 3. The molecule has 0 radical (unpaired) electrons. The number of nitrogens with zero attached hydrogens (tertiary/aromatic N) is 2. The number of esters is 1. The third-order valence-electron chi connectivity index (χ3n) is 1.24. The Balaban J connectivity index is 4.90. The van der Waals surface area contributed by atoms with Crippen LogP contribution in [0.15, 0.2) is 10.3 Å². The number of ether oxygens (including phenoxy) is 1. The summed E-state index contributed by atoms with van der Waals surface area (Å²) in [5, 5.41) is 21.0. The summed E-state index contributed by atoms with van der Waals surface area (Å²) in [6.07, 6.45) is -6.41. The average Bonchev–Trinajstić information content (AvgIpc) is 2.15. The molecule has 0 amide bonds. The maximum absolute atomic E-state index is 11.9. The van der Waals surface area contributed by atoms with Gasteiger partial charge in [-0.15, -0.1) is 0 Å². The lowest BCUT2D eigenvalue weighted by atomic mass is 10.1. The lowest BCUT2D eigenvalue weighted by Gasteiger charge is -2.07. The molecule has 0 aromatic rings. The predicted molar refractivity (Wildman–Crippen MR) is 41.1 cm³/mol. The summed E-state index contributed by atoms with van der Waals surface area (Å²) in [6, 6.07) is 0. The molecule has 0 aromatic heterocycles. The van der Waals surface area contributed by atoms with Crippen molar-refractivity contribution in [3.63, 3.8) is 0 Å². The third-order valence-corrected chi connectivity index (χ3v) is 1.24. The van der Waals surface area contributed by atoms with Crippen LogP contribution in [0.1, 0.15) is 6.42 Å². The van der Waals surface area contributed by atoms with Crippen LogP contribution in [0.3, 0.4) is 0 Å². The molecule has 0 rings (SSSR count). The topological polar surface area (TPSA) is 91.5 Å². The van der Waals surface area contributed by atoms with E-state index in [4.69, 9.17) is 10.4 Å². The zero-order valence-corrected chi connectivity index (χ0v) is 7.45. The molecule has 0 saturated carbocycles. The lowest BCUT2D eigenvalue weighted by molar-refractivity contribution is -0.132. The summed E-state index contributed by atoms with van der Waals surface area (Å²) in [6.45, 7) is 0. The summed E-state index contributed by atoms with van der Waals surface area (Å²) < 4.78 is 39.6. The van der Waals surface area contributed by atoms with E-state index in [-0.39, 0.29) is 0 Å². The molecule has 0 aliphatic rings. The first-order valence-corrected chi connectivity index (χ1v) is 3.44. The van der Waals surface area contributed by atoms with Crippen LogP contribution in [-0.2, 0) is 9.53 Å². The molecule has 0 spiro atoms. The molecule has 0 unspecified atom stereocenters. The maximum Gasteiger partial charge on any atom is 0.394 e. The number of halogens is 3. The van der Waals surface area contributed by atoms with Crippen molar-refractivity contribution in [3.05, 3.63) is 0 Å². The number of oxime groups is 2. The van der Waals surface area contributed by atoms with Crippen LogP contribution in [0.5, 0.6) is 0 Å². The van der Waals surface area contributed by atoms with Crippen LogP contribution in [0, 0.1) is 0 Å². The first-order chi connectivity index (χ1) is 6.85. The first-order valence-electron chi connectivity index (χ1n) is 3.44. The van der Waals surface area contributed by atoms with Gasteiger partial charge in [0.2, 0.25) is 5.71 Å². The Kier molecular flexibility index (Phi) is 4.55. The van der Waals surface area contributed by atoms with E-state index < -0.39 is 30.0 Å². The Morgan fingerprint density at radius 3 is 2.13 bits per heavy atom. The van der Waals surface area contributed by atoms with Crippen molar-refractivity contribution in [2.24, 2.45) is 10.3 Å². The highest BCUT2D eigenvalue weighted by Gasteiger charge is 2.34. The van der Waals surface area contributed by atoms with Gasteiger partial charge in [0.1, 0.15) is 5.71 Å². The molecule has 0 bridgehead atoms. The van der Waals surface area contributed by atoms with E-state index in [1.807, 2.05) is 0 Å². The minimum atomic E-state index is -4.70. The van der Waals surface area contributed by atoms with E-state index in [1.165, 1.54) is 0 Å². The standard InChI is InChI=1S/C6H7F3N2O4/c1-15-5(12)4(11-14)3(10-13)2-6(7,8)9/h13-14H,2H2,1H3. The quantitative estimate of drug-likeness (QED) is 0.323. The van der Waals surface area contributed by atoms with E-state index in [0.717, 1.165) is 7.11 Å². The van der Waals surface area contributed by atoms with Crippen molar-refractivity contribution in [1.82, 2.24) is 0 Å². The fraction of sp³-hybridized carbons (Fsp3) is 0.500. The fourth-order valence-corrected chi connectivity index (χ4v) is 0.669. The van der Waals surface area contributed by atoms with Crippen LogP contribution >= 0.6 is 0 Å². The summed E-state index contributed by atoms with van der Waals surface area (Å²) in [5.41, 5.74) is -2.23. The molecule has 0 atom stereocenters. The Bertz CT molecular complexity index is 297. The SMILES string of the molecule is COC(=O)C(=NO)C(CC(F)(F)F)=NO. The summed E-state index contributed by atoms with van der Waals surface area (Å²) >= 11 is 0. The molecule has 2 N–H and O–H groups in total. The molecule has 9 heteroatoms.